The summed E-state index contributed by atoms with van der Waals surface area (Å²) in [6.45, 7) is 2.31. The van der Waals surface area contributed by atoms with Crippen molar-refractivity contribution in [2.24, 2.45) is 5.92 Å². The minimum absolute atomic E-state index is 0.0641. The lowest BCUT2D eigenvalue weighted by Crippen LogP contribution is -2.18. The van der Waals surface area contributed by atoms with Gasteiger partial charge in [0.2, 0.25) is 0 Å². The molecule has 0 saturated carbocycles. The Balaban J connectivity index is 2.10. The van der Waals surface area contributed by atoms with Crippen LogP contribution in [0.1, 0.15) is 25.0 Å². The van der Waals surface area contributed by atoms with Crippen LogP contribution in [-0.4, -0.2) is 24.2 Å². The van der Waals surface area contributed by atoms with Gasteiger partial charge in [-0.15, -0.1) is 13.2 Å². The molecular formula is C13H15F3O3. The molecule has 3 nitrogen and oxygen atoms in total. The van der Waals surface area contributed by atoms with E-state index < -0.39 is 12.5 Å². The van der Waals surface area contributed by atoms with Crippen LogP contribution in [0.2, 0.25) is 0 Å². The van der Waals surface area contributed by atoms with Crippen LogP contribution in [0.3, 0.4) is 0 Å². The van der Waals surface area contributed by atoms with Crippen LogP contribution in [0.4, 0.5) is 13.2 Å². The predicted octanol–water partition coefficient (Wildman–Crippen LogP) is 3.04. The summed E-state index contributed by atoms with van der Waals surface area (Å²) in [7, 11) is 0. The molecule has 1 aliphatic heterocycles. The fraction of sp³-hybridized carbons (Fsp3) is 0.538. The molecule has 0 spiro atoms. The van der Waals surface area contributed by atoms with Gasteiger partial charge in [-0.1, -0.05) is 12.1 Å². The Kier molecular flexibility index (Phi) is 4.01. The fourth-order valence-corrected chi connectivity index (χ4v) is 2.24. The van der Waals surface area contributed by atoms with Gasteiger partial charge in [0.05, 0.1) is 18.8 Å². The lowest BCUT2D eigenvalue weighted by Gasteiger charge is -2.18. The number of hydrogen-bond acceptors (Lipinski definition) is 3. The summed E-state index contributed by atoms with van der Waals surface area (Å²) < 4.78 is 45.5. The van der Waals surface area contributed by atoms with Gasteiger partial charge >= 0.3 is 6.36 Å². The second-order valence-corrected chi connectivity index (χ2v) is 4.70. The van der Waals surface area contributed by atoms with Crippen molar-refractivity contribution in [3.8, 4) is 5.75 Å². The molecule has 106 valence electrons. The largest absolute Gasteiger partial charge is 0.573 e. The first-order valence-electron chi connectivity index (χ1n) is 6.00. The molecule has 0 bridgehead atoms. The summed E-state index contributed by atoms with van der Waals surface area (Å²) in [5.41, 5.74) is 0.407. The summed E-state index contributed by atoms with van der Waals surface area (Å²) in [5, 5.41) is 10.1. The molecule has 1 N–H and O–H groups in total. The van der Waals surface area contributed by atoms with E-state index in [2.05, 4.69) is 4.74 Å². The molecular weight excluding hydrogens is 261 g/mol. The highest BCUT2D eigenvalue weighted by molar-refractivity contribution is 5.30. The third-order valence-electron chi connectivity index (χ3n) is 3.11. The fourth-order valence-electron chi connectivity index (χ4n) is 2.24. The van der Waals surface area contributed by atoms with Gasteiger partial charge in [0.25, 0.3) is 0 Å². The monoisotopic (exact) mass is 276 g/mol. The van der Waals surface area contributed by atoms with Gasteiger partial charge in [0.15, 0.2) is 0 Å². The van der Waals surface area contributed by atoms with Crippen molar-refractivity contribution >= 4 is 0 Å². The average Bonchev–Trinajstić information content (AvgIpc) is 2.73. The minimum Gasteiger partial charge on any atom is -0.406 e. The van der Waals surface area contributed by atoms with Gasteiger partial charge in [-0.3, -0.25) is 0 Å². The highest BCUT2D eigenvalue weighted by Gasteiger charge is 2.32. The second kappa shape index (κ2) is 5.38. The molecule has 1 heterocycles. The lowest BCUT2D eigenvalue weighted by molar-refractivity contribution is -0.274. The molecule has 0 aliphatic carbocycles. The Bertz CT molecular complexity index is 433. The van der Waals surface area contributed by atoms with Crippen LogP contribution in [0.15, 0.2) is 24.3 Å². The molecule has 19 heavy (non-hydrogen) atoms. The smallest absolute Gasteiger partial charge is 0.406 e. The molecule has 1 aliphatic rings. The number of hydrogen-bond donors (Lipinski definition) is 1. The van der Waals surface area contributed by atoms with Crippen molar-refractivity contribution in [1.82, 2.24) is 0 Å². The molecule has 0 amide bonds. The SMILES string of the molecule is CC1CC(C(O)c2cccc(OC(F)(F)F)c2)CO1. The summed E-state index contributed by atoms with van der Waals surface area (Å²) in [6.07, 6.45) is -4.82. The van der Waals surface area contributed by atoms with Crippen LogP contribution < -0.4 is 4.74 Å². The van der Waals surface area contributed by atoms with E-state index in [9.17, 15) is 18.3 Å². The number of halogens is 3. The van der Waals surface area contributed by atoms with Gasteiger partial charge in [0, 0.05) is 5.92 Å². The van der Waals surface area contributed by atoms with E-state index >= 15 is 0 Å². The van der Waals surface area contributed by atoms with E-state index in [-0.39, 0.29) is 17.8 Å². The van der Waals surface area contributed by atoms with Crippen molar-refractivity contribution in [2.75, 3.05) is 6.61 Å². The minimum atomic E-state index is -4.73. The van der Waals surface area contributed by atoms with Crippen molar-refractivity contribution in [3.05, 3.63) is 29.8 Å². The summed E-state index contributed by atoms with van der Waals surface area (Å²) in [4.78, 5) is 0. The molecule has 3 atom stereocenters. The second-order valence-electron chi connectivity index (χ2n) is 4.70. The molecule has 1 aromatic carbocycles. The Morgan fingerprint density at radius 3 is 2.74 bits per heavy atom. The topological polar surface area (TPSA) is 38.7 Å². The van der Waals surface area contributed by atoms with Gasteiger partial charge in [-0.2, -0.15) is 0 Å². The maximum atomic E-state index is 12.1. The van der Waals surface area contributed by atoms with Crippen LogP contribution in [0.25, 0.3) is 0 Å². The molecule has 1 aromatic rings. The molecule has 3 unspecified atom stereocenters. The standard InChI is InChI=1S/C13H15F3O3/c1-8-5-10(7-18-8)12(17)9-3-2-4-11(6-9)19-13(14,15)16/h2-4,6,8,10,12,17H,5,7H2,1H3. The maximum Gasteiger partial charge on any atom is 0.573 e. The first-order chi connectivity index (χ1) is 8.85. The zero-order valence-electron chi connectivity index (χ0n) is 10.4. The van der Waals surface area contributed by atoms with Gasteiger partial charge in [-0.05, 0) is 31.0 Å². The quantitative estimate of drug-likeness (QED) is 0.922. The van der Waals surface area contributed by atoms with E-state index in [1.54, 1.807) is 6.07 Å². The van der Waals surface area contributed by atoms with E-state index in [0.29, 0.717) is 18.6 Å². The van der Waals surface area contributed by atoms with Crippen molar-refractivity contribution in [1.29, 1.82) is 0 Å². The number of alkyl halides is 3. The highest BCUT2D eigenvalue weighted by atomic mass is 19.4. The molecule has 0 aromatic heterocycles. The molecule has 2 rings (SSSR count). The molecule has 1 fully saturated rings. The Hall–Kier alpha value is -1.27. The van der Waals surface area contributed by atoms with Crippen LogP contribution in [0, 0.1) is 5.92 Å². The van der Waals surface area contributed by atoms with Crippen LogP contribution >= 0.6 is 0 Å². The lowest BCUT2D eigenvalue weighted by atomic mass is 9.93. The Labute approximate surface area is 108 Å². The van der Waals surface area contributed by atoms with Crippen LogP contribution in [0.5, 0.6) is 5.75 Å². The molecule has 1 saturated heterocycles. The summed E-state index contributed by atoms with van der Waals surface area (Å²) in [5.74, 6) is -0.424. The summed E-state index contributed by atoms with van der Waals surface area (Å²) in [6, 6.07) is 5.42. The normalized spacial score (nSPS) is 25.3. The highest BCUT2D eigenvalue weighted by Crippen LogP contribution is 2.33. The number of rotatable bonds is 3. The van der Waals surface area contributed by atoms with Gasteiger partial charge < -0.3 is 14.6 Å². The van der Waals surface area contributed by atoms with Crippen molar-refractivity contribution in [3.63, 3.8) is 0 Å². The molecule has 0 radical (unpaired) electrons. The number of benzene rings is 1. The van der Waals surface area contributed by atoms with E-state index in [4.69, 9.17) is 4.74 Å². The van der Waals surface area contributed by atoms with Crippen molar-refractivity contribution < 1.29 is 27.8 Å². The van der Waals surface area contributed by atoms with E-state index in [1.807, 2.05) is 6.92 Å². The summed E-state index contributed by atoms with van der Waals surface area (Å²) >= 11 is 0. The number of aliphatic hydroxyl groups is 1. The number of aliphatic hydroxyl groups excluding tert-OH is 1. The Morgan fingerprint density at radius 1 is 1.42 bits per heavy atom. The van der Waals surface area contributed by atoms with Gasteiger partial charge in [-0.25, -0.2) is 0 Å². The van der Waals surface area contributed by atoms with Crippen LogP contribution in [-0.2, 0) is 4.74 Å². The third kappa shape index (κ3) is 3.84. The third-order valence-corrected chi connectivity index (χ3v) is 3.11. The first kappa shape index (κ1) is 14.1. The number of ether oxygens (including phenoxy) is 2. The maximum absolute atomic E-state index is 12.1. The van der Waals surface area contributed by atoms with E-state index in [0.717, 1.165) is 0 Å². The zero-order valence-corrected chi connectivity index (χ0v) is 10.4. The Morgan fingerprint density at radius 2 is 2.16 bits per heavy atom. The predicted molar refractivity (Wildman–Crippen MR) is 61.6 cm³/mol. The average molecular weight is 276 g/mol. The van der Waals surface area contributed by atoms with E-state index in [1.165, 1.54) is 18.2 Å². The first-order valence-corrected chi connectivity index (χ1v) is 6.00. The zero-order chi connectivity index (χ0) is 14.0. The molecule has 6 heteroatoms. The van der Waals surface area contributed by atoms with Gasteiger partial charge in [0.1, 0.15) is 5.75 Å². The van der Waals surface area contributed by atoms with Crippen molar-refractivity contribution in [2.45, 2.75) is 31.9 Å².